The lowest BCUT2D eigenvalue weighted by atomic mass is 10.2. The summed E-state index contributed by atoms with van der Waals surface area (Å²) in [5.74, 6) is -1.12. The van der Waals surface area contributed by atoms with Gasteiger partial charge in [0.25, 0.3) is 0 Å². The van der Waals surface area contributed by atoms with Crippen molar-refractivity contribution in [3.8, 4) is 0 Å². The normalized spacial score (nSPS) is 22.3. The van der Waals surface area contributed by atoms with Crippen LogP contribution in [0.2, 0.25) is 5.02 Å². The zero-order valence-electron chi connectivity index (χ0n) is 9.91. The van der Waals surface area contributed by atoms with Gasteiger partial charge in [0.2, 0.25) is 0 Å². The van der Waals surface area contributed by atoms with Crippen molar-refractivity contribution in [2.24, 2.45) is 0 Å². The zero-order chi connectivity index (χ0) is 14.0. The van der Waals surface area contributed by atoms with Crippen LogP contribution in [0.5, 0.6) is 0 Å². The van der Waals surface area contributed by atoms with Crippen LogP contribution in [0.1, 0.15) is 6.42 Å². The highest BCUT2D eigenvalue weighted by atomic mass is 35.5. The molecule has 0 radical (unpaired) electrons. The molecule has 3 N–H and O–H groups in total. The molecule has 1 heterocycles. The summed E-state index contributed by atoms with van der Waals surface area (Å²) in [6.45, 7) is 0.0103. The second-order valence-corrected chi connectivity index (χ2v) is 4.77. The maximum Gasteiger partial charge on any atom is 0.326 e. The number of carboxylic acid groups (broad SMARTS) is 1. The molecule has 1 aromatic rings. The van der Waals surface area contributed by atoms with E-state index in [0.29, 0.717) is 10.7 Å². The lowest BCUT2D eigenvalue weighted by molar-refractivity contribution is -0.141. The molecule has 0 spiro atoms. The van der Waals surface area contributed by atoms with Gasteiger partial charge >= 0.3 is 12.0 Å². The van der Waals surface area contributed by atoms with E-state index in [9.17, 15) is 14.7 Å². The number of nitrogens with zero attached hydrogens (tertiary/aromatic N) is 1. The Hall–Kier alpha value is -1.79. The largest absolute Gasteiger partial charge is 0.480 e. The van der Waals surface area contributed by atoms with E-state index in [1.165, 1.54) is 0 Å². The van der Waals surface area contributed by atoms with E-state index < -0.39 is 24.1 Å². The summed E-state index contributed by atoms with van der Waals surface area (Å²) < 4.78 is 0. The molecule has 7 heteroatoms. The molecular formula is C12H13ClN2O4. The van der Waals surface area contributed by atoms with Crippen LogP contribution in [0.25, 0.3) is 0 Å². The number of hydrogen-bond acceptors (Lipinski definition) is 3. The van der Waals surface area contributed by atoms with E-state index in [4.69, 9.17) is 16.7 Å². The van der Waals surface area contributed by atoms with Gasteiger partial charge in [0.05, 0.1) is 6.10 Å². The Bertz CT molecular complexity index is 491. The molecule has 2 amide bonds. The highest BCUT2D eigenvalue weighted by Crippen LogP contribution is 2.20. The third-order valence-corrected chi connectivity index (χ3v) is 3.17. The fourth-order valence-electron chi connectivity index (χ4n) is 2.00. The number of aliphatic hydroxyl groups excluding tert-OH is 1. The summed E-state index contributed by atoms with van der Waals surface area (Å²) in [6.07, 6.45) is -0.763. The second kappa shape index (κ2) is 5.46. The SMILES string of the molecule is O=C(O)[C@@H]1C[C@@H](O)CN1C(=O)Nc1ccc(Cl)cc1. The first-order valence-corrected chi connectivity index (χ1v) is 6.09. The third-order valence-electron chi connectivity index (χ3n) is 2.92. The quantitative estimate of drug-likeness (QED) is 0.765. The standard InChI is InChI=1S/C12H13ClN2O4/c13-7-1-3-8(4-2-7)14-12(19)15-6-9(16)5-10(15)11(17)18/h1-4,9-10,16H,5-6H2,(H,14,19)(H,17,18)/t9-,10+/m1/s1. The second-order valence-electron chi connectivity index (χ2n) is 4.33. The van der Waals surface area contributed by atoms with Gasteiger partial charge in [0.1, 0.15) is 6.04 Å². The number of likely N-dealkylation sites (tertiary alicyclic amines) is 1. The van der Waals surface area contributed by atoms with E-state index in [0.717, 1.165) is 4.90 Å². The Balaban J connectivity index is 2.06. The molecule has 0 aromatic heterocycles. The van der Waals surface area contributed by atoms with Crippen molar-refractivity contribution >= 4 is 29.3 Å². The molecule has 1 aliphatic heterocycles. The van der Waals surface area contributed by atoms with Gasteiger partial charge in [-0.15, -0.1) is 0 Å². The van der Waals surface area contributed by atoms with E-state index in [2.05, 4.69) is 5.32 Å². The Labute approximate surface area is 114 Å². The van der Waals surface area contributed by atoms with E-state index in [1.807, 2.05) is 0 Å². The Morgan fingerprint density at radius 1 is 1.32 bits per heavy atom. The fourth-order valence-corrected chi connectivity index (χ4v) is 2.13. The number of halogens is 1. The number of benzene rings is 1. The minimum atomic E-state index is -1.12. The molecule has 2 rings (SSSR count). The Morgan fingerprint density at radius 3 is 2.53 bits per heavy atom. The monoisotopic (exact) mass is 284 g/mol. The van der Waals surface area contributed by atoms with Crippen LogP contribution >= 0.6 is 11.6 Å². The number of carboxylic acids is 1. The molecule has 1 aromatic carbocycles. The Morgan fingerprint density at radius 2 is 1.95 bits per heavy atom. The number of anilines is 1. The van der Waals surface area contributed by atoms with Crippen LogP contribution in [-0.2, 0) is 4.79 Å². The number of urea groups is 1. The number of amides is 2. The molecule has 0 aliphatic carbocycles. The number of rotatable bonds is 2. The van der Waals surface area contributed by atoms with E-state index in [-0.39, 0.29) is 13.0 Å². The maximum absolute atomic E-state index is 12.0. The molecular weight excluding hydrogens is 272 g/mol. The van der Waals surface area contributed by atoms with Crippen molar-refractivity contribution in [2.75, 3.05) is 11.9 Å². The van der Waals surface area contributed by atoms with Crippen LogP contribution in [0, 0.1) is 0 Å². The highest BCUT2D eigenvalue weighted by Gasteiger charge is 2.38. The number of carbonyl (C=O) groups is 2. The molecule has 2 atom stereocenters. The van der Waals surface area contributed by atoms with Crippen molar-refractivity contribution in [1.82, 2.24) is 4.90 Å². The van der Waals surface area contributed by atoms with Gasteiger partial charge in [-0.05, 0) is 24.3 Å². The lowest BCUT2D eigenvalue weighted by Gasteiger charge is -2.21. The van der Waals surface area contributed by atoms with Gasteiger partial charge < -0.3 is 20.4 Å². The summed E-state index contributed by atoms with van der Waals surface area (Å²) in [5.41, 5.74) is 0.514. The molecule has 102 valence electrons. The van der Waals surface area contributed by atoms with Crippen LogP contribution in [0.4, 0.5) is 10.5 Å². The van der Waals surface area contributed by atoms with E-state index >= 15 is 0 Å². The fraction of sp³-hybridized carbons (Fsp3) is 0.333. The summed E-state index contributed by atoms with van der Waals surface area (Å²) in [5, 5.41) is 21.6. The Kier molecular flexibility index (Phi) is 3.92. The molecule has 0 unspecified atom stereocenters. The van der Waals surface area contributed by atoms with Gasteiger partial charge in [-0.3, -0.25) is 0 Å². The summed E-state index contributed by atoms with van der Waals surface area (Å²) in [4.78, 5) is 24.1. The van der Waals surface area contributed by atoms with Crippen LogP contribution in [0.15, 0.2) is 24.3 Å². The number of nitrogens with one attached hydrogen (secondary N) is 1. The molecule has 1 fully saturated rings. The third kappa shape index (κ3) is 3.15. The van der Waals surface area contributed by atoms with Crippen molar-refractivity contribution in [2.45, 2.75) is 18.6 Å². The average Bonchev–Trinajstić information content (AvgIpc) is 2.74. The van der Waals surface area contributed by atoms with Crippen molar-refractivity contribution < 1.29 is 19.8 Å². The molecule has 1 aliphatic rings. The van der Waals surface area contributed by atoms with Crippen LogP contribution in [-0.4, -0.2) is 45.8 Å². The highest BCUT2D eigenvalue weighted by molar-refractivity contribution is 6.30. The first-order chi connectivity index (χ1) is 8.97. The van der Waals surface area contributed by atoms with Gasteiger partial charge in [-0.2, -0.15) is 0 Å². The number of carbonyl (C=O) groups excluding carboxylic acids is 1. The molecule has 0 bridgehead atoms. The summed E-state index contributed by atoms with van der Waals surface area (Å²) in [6, 6.07) is 4.91. The van der Waals surface area contributed by atoms with Crippen LogP contribution in [0.3, 0.4) is 0 Å². The predicted octanol–water partition coefficient (Wildman–Crippen LogP) is 1.39. The van der Waals surface area contributed by atoms with Gasteiger partial charge in [0, 0.05) is 23.7 Å². The van der Waals surface area contributed by atoms with Crippen molar-refractivity contribution in [3.05, 3.63) is 29.3 Å². The van der Waals surface area contributed by atoms with Crippen molar-refractivity contribution in [1.29, 1.82) is 0 Å². The minimum absolute atomic E-state index is 0.0103. The first kappa shape index (κ1) is 13.6. The van der Waals surface area contributed by atoms with Crippen LogP contribution < -0.4 is 5.32 Å². The minimum Gasteiger partial charge on any atom is -0.480 e. The summed E-state index contributed by atoms with van der Waals surface area (Å²) in [7, 11) is 0. The number of β-amino-alcohol motifs (C(OH)–C–C–N with tert-alkyl or cyclic N) is 1. The lowest BCUT2D eigenvalue weighted by Crippen LogP contribution is -2.43. The van der Waals surface area contributed by atoms with Gasteiger partial charge in [0.15, 0.2) is 0 Å². The topological polar surface area (TPSA) is 89.9 Å². The maximum atomic E-state index is 12.0. The number of aliphatic carboxylic acids is 1. The molecule has 0 saturated carbocycles. The summed E-state index contributed by atoms with van der Waals surface area (Å²) >= 11 is 5.73. The number of aliphatic hydroxyl groups is 1. The van der Waals surface area contributed by atoms with Crippen molar-refractivity contribution in [3.63, 3.8) is 0 Å². The predicted molar refractivity (Wildman–Crippen MR) is 69.2 cm³/mol. The first-order valence-electron chi connectivity index (χ1n) is 5.71. The average molecular weight is 285 g/mol. The molecule has 6 nitrogen and oxygen atoms in total. The van der Waals surface area contributed by atoms with Gasteiger partial charge in [-0.25, -0.2) is 9.59 Å². The molecule has 1 saturated heterocycles. The van der Waals surface area contributed by atoms with Gasteiger partial charge in [-0.1, -0.05) is 11.6 Å². The van der Waals surface area contributed by atoms with E-state index in [1.54, 1.807) is 24.3 Å². The molecule has 19 heavy (non-hydrogen) atoms. The zero-order valence-corrected chi connectivity index (χ0v) is 10.7. The smallest absolute Gasteiger partial charge is 0.326 e. The number of hydrogen-bond donors (Lipinski definition) is 3.